The molecule has 7 heteroatoms. The van der Waals surface area contributed by atoms with E-state index >= 15 is 0 Å². The zero-order chi connectivity index (χ0) is 13.0. The lowest BCUT2D eigenvalue weighted by Gasteiger charge is -2.34. The zero-order valence-corrected chi connectivity index (χ0v) is 11.0. The molecular formula is C11H18N2O4S. The van der Waals surface area contributed by atoms with Crippen molar-refractivity contribution in [2.24, 2.45) is 11.3 Å². The summed E-state index contributed by atoms with van der Waals surface area (Å²) in [6.07, 6.45) is 3.24. The second-order valence-corrected chi connectivity index (χ2v) is 7.53. The van der Waals surface area contributed by atoms with Crippen LogP contribution in [0, 0.1) is 11.3 Å². The van der Waals surface area contributed by atoms with Crippen LogP contribution in [0.15, 0.2) is 0 Å². The molecular weight excluding hydrogens is 256 g/mol. The van der Waals surface area contributed by atoms with Crippen molar-refractivity contribution in [1.82, 2.24) is 8.61 Å². The van der Waals surface area contributed by atoms with Crippen LogP contribution in [-0.4, -0.2) is 54.3 Å². The fourth-order valence-electron chi connectivity index (χ4n) is 3.45. The predicted octanol–water partition coefficient (Wildman–Crippen LogP) is 0.124. The number of rotatable bonds is 3. The minimum absolute atomic E-state index is 0.00829. The molecule has 2 aliphatic heterocycles. The molecule has 0 aromatic carbocycles. The number of fused-ring (bicyclic) bond motifs is 1. The van der Waals surface area contributed by atoms with E-state index in [1.165, 1.54) is 8.61 Å². The molecule has 0 amide bonds. The molecule has 3 aliphatic rings. The molecule has 2 saturated heterocycles. The van der Waals surface area contributed by atoms with Crippen molar-refractivity contribution >= 4 is 16.2 Å². The number of carbonyl (C=O) groups is 1. The van der Waals surface area contributed by atoms with E-state index in [1.54, 1.807) is 0 Å². The van der Waals surface area contributed by atoms with Gasteiger partial charge in [-0.3, -0.25) is 4.79 Å². The van der Waals surface area contributed by atoms with Gasteiger partial charge in [-0.05, 0) is 25.2 Å². The molecule has 1 saturated carbocycles. The Morgan fingerprint density at radius 2 is 1.94 bits per heavy atom. The van der Waals surface area contributed by atoms with Gasteiger partial charge in [-0.1, -0.05) is 6.42 Å². The highest BCUT2D eigenvalue weighted by molar-refractivity contribution is 7.86. The van der Waals surface area contributed by atoms with Crippen LogP contribution >= 0.6 is 0 Å². The second-order valence-electron chi connectivity index (χ2n) is 5.60. The summed E-state index contributed by atoms with van der Waals surface area (Å²) in [5.74, 6) is -0.836. The van der Waals surface area contributed by atoms with Gasteiger partial charge in [-0.15, -0.1) is 0 Å². The van der Waals surface area contributed by atoms with Crippen molar-refractivity contribution in [3.63, 3.8) is 0 Å². The summed E-state index contributed by atoms with van der Waals surface area (Å²) in [5.41, 5.74) is -0.821. The van der Waals surface area contributed by atoms with E-state index in [4.69, 9.17) is 0 Å². The van der Waals surface area contributed by atoms with Crippen molar-refractivity contribution in [2.45, 2.75) is 25.7 Å². The topological polar surface area (TPSA) is 77.9 Å². The van der Waals surface area contributed by atoms with Crippen LogP contribution in [0.4, 0.5) is 0 Å². The number of hydrogen-bond acceptors (Lipinski definition) is 3. The molecule has 0 bridgehead atoms. The Labute approximate surface area is 107 Å². The van der Waals surface area contributed by atoms with Crippen molar-refractivity contribution in [3.8, 4) is 0 Å². The first-order valence-electron chi connectivity index (χ1n) is 6.45. The molecule has 2 heterocycles. The first-order chi connectivity index (χ1) is 8.47. The molecule has 0 radical (unpaired) electrons. The molecule has 0 unspecified atom stereocenters. The molecule has 18 heavy (non-hydrogen) atoms. The SMILES string of the molecule is O=C(O)[C@@]12CCC[C@H]1CN(S(=O)(=O)N1CCC1)C2. The molecule has 0 aromatic rings. The quantitative estimate of drug-likeness (QED) is 0.793. The molecule has 0 spiro atoms. The maximum absolute atomic E-state index is 12.3. The van der Waals surface area contributed by atoms with Crippen molar-refractivity contribution in [3.05, 3.63) is 0 Å². The Hall–Kier alpha value is -0.660. The van der Waals surface area contributed by atoms with Crippen LogP contribution in [0.2, 0.25) is 0 Å². The lowest BCUT2D eigenvalue weighted by atomic mass is 9.81. The number of carboxylic acid groups (broad SMARTS) is 1. The summed E-state index contributed by atoms with van der Waals surface area (Å²) in [7, 11) is -3.41. The monoisotopic (exact) mass is 274 g/mol. The first-order valence-corrected chi connectivity index (χ1v) is 7.85. The summed E-state index contributed by atoms with van der Waals surface area (Å²) in [5, 5.41) is 9.43. The molecule has 3 rings (SSSR count). The summed E-state index contributed by atoms with van der Waals surface area (Å²) in [6.45, 7) is 1.68. The van der Waals surface area contributed by atoms with Gasteiger partial charge in [0.25, 0.3) is 10.2 Å². The Bertz CT molecular complexity index is 473. The number of carboxylic acids is 1. The van der Waals surface area contributed by atoms with Gasteiger partial charge in [0.05, 0.1) is 5.41 Å². The van der Waals surface area contributed by atoms with Gasteiger partial charge >= 0.3 is 5.97 Å². The standard InChI is InChI=1S/C11H18N2O4S/c14-10(15)11-4-1-3-9(11)7-13(8-11)18(16,17)12-5-2-6-12/h9H,1-8H2,(H,14,15)/t9-,11+/m0/s1. The summed E-state index contributed by atoms with van der Waals surface area (Å²) in [6, 6.07) is 0. The van der Waals surface area contributed by atoms with E-state index < -0.39 is 21.6 Å². The van der Waals surface area contributed by atoms with Crippen LogP contribution in [0.3, 0.4) is 0 Å². The fourth-order valence-corrected chi connectivity index (χ4v) is 5.26. The third kappa shape index (κ3) is 1.53. The Morgan fingerprint density at radius 3 is 2.44 bits per heavy atom. The van der Waals surface area contributed by atoms with Crippen LogP contribution in [0.25, 0.3) is 0 Å². The second kappa shape index (κ2) is 3.91. The number of aliphatic carboxylic acids is 1. The molecule has 1 aliphatic carbocycles. The average Bonchev–Trinajstić information content (AvgIpc) is 2.68. The van der Waals surface area contributed by atoms with E-state index in [-0.39, 0.29) is 12.5 Å². The van der Waals surface area contributed by atoms with Gasteiger partial charge in [-0.25, -0.2) is 0 Å². The third-order valence-electron chi connectivity index (χ3n) is 4.73. The van der Waals surface area contributed by atoms with Gasteiger partial charge in [0.2, 0.25) is 0 Å². The average molecular weight is 274 g/mol. The smallest absolute Gasteiger partial charge is 0.311 e. The van der Waals surface area contributed by atoms with Crippen molar-refractivity contribution in [1.29, 1.82) is 0 Å². The Morgan fingerprint density at radius 1 is 1.22 bits per heavy atom. The minimum Gasteiger partial charge on any atom is -0.481 e. The normalized spacial score (nSPS) is 37.4. The van der Waals surface area contributed by atoms with Gasteiger partial charge < -0.3 is 5.11 Å². The highest BCUT2D eigenvalue weighted by Crippen LogP contribution is 2.49. The highest BCUT2D eigenvalue weighted by atomic mass is 32.2. The largest absolute Gasteiger partial charge is 0.481 e. The minimum atomic E-state index is -3.41. The molecule has 102 valence electrons. The molecule has 2 atom stereocenters. The van der Waals surface area contributed by atoms with Crippen LogP contribution in [0.5, 0.6) is 0 Å². The maximum Gasteiger partial charge on any atom is 0.311 e. The van der Waals surface area contributed by atoms with Crippen LogP contribution in [0.1, 0.15) is 25.7 Å². The molecule has 1 N–H and O–H groups in total. The molecule has 0 aromatic heterocycles. The van der Waals surface area contributed by atoms with E-state index in [0.717, 1.165) is 19.3 Å². The van der Waals surface area contributed by atoms with E-state index in [9.17, 15) is 18.3 Å². The van der Waals surface area contributed by atoms with Crippen molar-refractivity contribution < 1.29 is 18.3 Å². The van der Waals surface area contributed by atoms with Gasteiger partial charge in [0, 0.05) is 26.2 Å². The summed E-state index contributed by atoms with van der Waals surface area (Å²) >= 11 is 0. The van der Waals surface area contributed by atoms with Gasteiger partial charge in [-0.2, -0.15) is 17.0 Å². The van der Waals surface area contributed by atoms with Gasteiger partial charge in [0.15, 0.2) is 0 Å². The van der Waals surface area contributed by atoms with Gasteiger partial charge in [0.1, 0.15) is 0 Å². The summed E-state index contributed by atoms with van der Waals surface area (Å²) < 4.78 is 27.4. The molecule has 3 fully saturated rings. The first kappa shape index (κ1) is 12.4. The summed E-state index contributed by atoms with van der Waals surface area (Å²) in [4.78, 5) is 11.5. The van der Waals surface area contributed by atoms with E-state index in [0.29, 0.717) is 26.1 Å². The maximum atomic E-state index is 12.3. The van der Waals surface area contributed by atoms with Crippen LogP contribution in [-0.2, 0) is 15.0 Å². The van der Waals surface area contributed by atoms with E-state index in [2.05, 4.69) is 0 Å². The lowest BCUT2D eigenvalue weighted by molar-refractivity contribution is -0.149. The van der Waals surface area contributed by atoms with Crippen LogP contribution < -0.4 is 0 Å². The highest BCUT2D eigenvalue weighted by Gasteiger charge is 2.57. The molecule has 6 nitrogen and oxygen atoms in total. The predicted molar refractivity (Wildman–Crippen MR) is 64.1 cm³/mol. The Kier molecular flexibility index (Phi) is 2.69. The van der Waals surface area contributed by atoms with Crippen molar-refractivity contribution in [2.75, 3.05) is 26.2 Å². The lowest BCUT2D eigenvalue weighted by Crippen LogP contribution is -2.50. The van der Waals surface area contributed by atoms with E-state index in [1.807, 2.05) is 0 Å². The number of nitrogens with zero attached hydrogens (tertiary/aromatic N) is 2. The zero-order valence-electron chi connectivity index (χ0n) is 10.2. The third-order valence-corrected chi connectivity index (χ3v) is 6.68. The Balaban J connectivity index is 1.84. The fraction of sp³-hybridized carbons (Fsp3) is 0.909. The number of hydrogen-bond donors (Lipinski definition) is 1.